The van der Waals surface area contributed by atoms with Gasteiger partial charge in [-0.3, -0.25) is 0 Å². The van der Waals surface area contributed by atoms with Crippen LogP contribution < -0.4 is 0 Å². The number of hydrogen-bond donors (Lipinski definition) is 1. The molecule has 0 spiro atoms. The van der Waals surface area contributed by atoms with Crippen LogP contribution in [0.4, 0.5) is 4.39 Å². The average Bonchev–Trinajstić information content (AvgIpc) is 2.68. The van der Waals surface area contributed by atoms with Crippen molar-refractivity contribution in [3.05, 3.63) is 23.5 Å². The van der Waals surface area contributed by atoms with Crippen molar-refractivity contribution in [2.24, 2.45) is 5.92 Å². The number of rotatable bonds is 4. The maximum absolute atomic E-state index is 13.7. The Morgan fingerprint density at radius 1 is 1.47 bits per heavy atom. The molecule has 1 aromatic carbocycles. The van der Waals surface area contributed by atoms with Crippen LogP contribution >= 0.6 is 0 Å². The smallest absolute Gasteiger partial charge is 0.338 e. The monoisotopic (exact) mass is 263 g/mol. The highest BCUT2D eigenvalue weighted by Gasteiger charge is 2.19. The van der Waals surface area contributed by atoms with Gasteiger partial charge in [0.1, 0.15) is 11.3 Å². The van der Waals surface area contributed by atoms with Crippen molar-refractivity contribution in [1.29, 1.82) is 0 Å². The van der Waals surface area contributed by atoms with Crippen molar-refractivity contribution >= 4 is 17.0 Å². The number of carbonyl (C=O) groups is 1. The van der Waals surface area contributed by atoms with E-state index in [0.717, 1.165) is 12.3 Å². The van der Waals surface area contributed by atoms with Crippen LogP contribution in [0.15, 0.2) is 12.1 Å². The standard InChI is InChI=1S/C13H14FN3O2/c14-10-7-12-11(6-9(10)13(18)19)15-16-17(12)5-4-8-2-1-3-8/h6-8H,1-5H2,(H,18,19). The maximum atomic E-state index is 13.7. The molecule has 1 aliphatic carbocycles. The highest BCUT2D eigenvalue weighted by molar-refractivity contribution is 5.92. The van der Waals surface area contributed by atoms with Crippen LogP contribution in [0, 0.1) is 11.7 Å². The van der Waals surface area contributed by atoms with Crippen molar-refractivity contribution in [3.8, 4) is 0 Å². The van der Waals surface area contributed by atoms with Crippen LogP contribution in [0.1, 0.15) is 36.0 Å². The molecule has 6 heteroatoms. The molecule has 1 aromatic heterocycles. The van der Waals surface area contributed by atoms with Crippen molar-refractivity contribution in [1.82, 2.24) is 15.0 Å². The zero-order valence-electron chi connectivity index (χ0n) is 10.3. The quantitative estimate of drug-likeness (QED) is 0.920. The van der Waals surface area contributed by atoms with Gasteiger partial charge in [-0.15, -0.1) is 5.10 Å². The average molecular weight is 263 g/mol. The number of halogens is 1. The van der Waals surface area contributed by atoms with Gasteiger partial charge in [-0.1, -0.05) is 24.5 Å². The Kier molecular flexibility index (Phi) is 2.93. The molecule has 1 aliphatic rings. The molecule has 5 nitrogen and oxygen atoms in total. The minimum Gasteiger partial charge on any atom is -0.478 e. The molecule has 0 saturated heterocycles. The summed E-state index contributed by atoms with van der Waals surface area (Å²) in [6.07, 6.45) is 4.81. The third kappa shape index (κ3) is 2.18. The predicted molar refractivity (Wildman–Crippen MR) is 66.4 cm³/mol. The molecule has 3 rings (SSSR count). The lowest BCUT2D eigenvalue weighted by molar-refractivity contribution is 0.0692. The fraction of sp³-hybridized carbons (Fsp3) is 0.462. The van der Waals surface area contributed by atoms with Gasteiger partial charge in [0.05, 0.1) is 11.1 Å². The van der Waals surface area contributed by atoms with E-state index in [1.165, 1.54) is 31.4 Å². The Morgan fingerprint density at radius 2 is 2.26 bits per heavy atom. The predicted octanol–water partition coefficient (Wildman–Crippen LogP) is 2.46. The van der Waals surface area contributed by atoms with Crippen LogP contribution in [0.25, 0.3) is 11.0 Å². The second-order valence-corrected chi connectivity index (χ2v) is 5.02. The summed E-state index contributed by atoms with van der Waals surface area (Å²) >= 11 is 0. The zero-order chi connectivity index (χ0) is 13.4. The molecule has 0 radical (unpaired) electrons. The van der Waals surface area contributed by atoms with E-state index >= 15 is 0 Å². The fourth-order valence-electron chi connectivity index (χ4n) is 2.40. The van der Waals surface area contributed by atoms with Gasteiger partial charge in [0, 0.05) is 12.6 Å². The van der Waals surface area contributed by atoms with Gasteiger partial charge in [-0.2, -0.15) is 0 Å². The molecule has 1 fully saturated rings. The number of benzene rings is 1. The Balaban J connectivity index is 1.89. The number of hydrogen-bond acceptors (Lipinski definition) is 3. The van der Waals surface area contributed by atoms with E-state index in [2.05, 4.69) is 10.3 Å². The summed E-state index contributed by atoms with van der Waals surface area (Å²) in [5.41, 5.74) is 0.618. The van der Waals surface area contributed by atoms with Gasteiger partial charge in [0.25, 0.3) is 0 Å². The number of aryl methyl sites for hydroxylation is 1. The number of fused-ring (bicyclic) bond motifs is 1. The van der Waals surface area contributed by atoms with Gasteiger partial charge >= 0.3 is 5.97 Å². The lowest BCUT2D eigenvalue weighted by atomic mass is 9.83. The molecule has 0 unspecified atom stereocenters. The van der Waals surface area contributed by atoms with Crippen molar-refractivity contribution in [2.45, 2.75) is 32.2 Å². The molecule has 1 saturated carbocycles. The fourth-order valence-corrected chi connectivity index (χ4v) is 2.40. The second-order valence-electron chi connectivity index (χ2n) is 5.02. The molecule has 1 N–H and O–H groups in total. The lowest BCUT2D eigenvalue weighted by Crippen LogP contribution is -2.14. The van der Waals surface area contributed by atoms with Gasteiger partial charge in [-0.05, 0) is 18.4 Å². The van der Waals surface area contributed by atoms with E-state index in [9.17, 15) is 9.18 Å². The van der Waals surface area contributed by atoms with Gasteiger partial charge in [0.2, 0.25) is 0 Å². The Morgan fingerprint density at radius 3 is 2.89 bits per heavy atom. The van der Waals surface area contributed by atoms with Crippen molar-refractivity contribution < 1.29 is 14.3 Å². The molecular formula is C13H14FN3O2. The molecule has 19 heavy (non-hydrogen) atoms. The van der Waals surface area contributed by atoms with Crippen LogP contribution in [-0.4, -0.2) is 26.1 Å². The Bertz CT molecular complexity index is 634. The molecule has 2 aromatic rings. The largest absolute Gasteiger partial charge is 0.478 e. The molecule has 0 bridgehead atoms. The summed E-state index contributed by atoms with van der Waals surface area (Å²) in [5.74, 6) is -1.29. The van der Waals surface area contributed by atoms with Gasteiger partial charge in [0.15, 0.2) is 0 Å². The molecule has 1 heterocycles. The normalized spacial score (nSPS) is 15.6. The van der Waals surface area contributed by atoms with Crippen LogP contribution in [0.5, 0.6) is 0 Å². The minimum atomic E-state index is -1.29. The van der Waals surface area contributed by atoms with E-state index < -0.39 is 11.8 Å². The second kappa shape index (κ2) is 4.60. The van der Waals surface area contributed by atoms with Crippen LogP contribution in [-0.2, 0) is 6.54 Å². The number of nitrogens with zero attached hydrogens (tertiary/aromatic N) is 3. The Labute approximate surface area is 109 Å². The summed E-state index contributed by atoms with van der Waals surface area (Å²) in [6, 6.07) is 2.44. The highest BCUT2D eigenvalue weighted by Crippen LogP contribution is 2.30. The summed E-state index contributed by atoms with van der Waals surface area (Å²) in [4.78, 5) is 10.8. The van der Waals surface area contributed by atoms with E-state index in [1.54, 1.807) is 4.68 Å². The highest BCUT2D eigenvalue weighted by atomic mass is 19.1. The lowest BCUT2D eigenvalue weighted by Gasteiger charge is -2.24. The number of aromatic carboxylic acids is 1. The first kappa shape index (κ1) is 12.1. The van der Waals surface area contributed by atoms with E-state index in [0.29, 0.717) is 17.6 Å². The summed E-state index contributed by atoms with van der Waals surface area (Å²) in [6.45, 7) is 0.701. The van der Waals surface area contributed by atoms with E-state index in [4.69, 9.17) is 5.11 Å². The van der Waals surface area contributed by atoms with E-state index in [-0.39, 0.29) is 5.56 Å². The molecule has 0 atom stereocenters. The van der Waals surface area contributed by atoms with Crippen LogP contribution in [0.2, 0.25) is 0 Å². The summed E-state index contributed by atoms with van der Waals surface area (Å²) in [5, 5.41) is 16.7. The first-order valence-electron chi connectivity index (χ1n) is 6.41. The van der Waals surface area contributed by atoms with Crippen molar-refractivity contribution in [3.63, 3.8) is 0 Å². The minimum absolute atomic E-state index is 0.362. The van der Waals surface area contributed by atoms with Gasteiger partial charge < -0.3 is 5.11 Å². The number of carboxylic acids is 1. The zero-order valence-corrected chi connectivity index (χ0v) is 10.3. The van der Waals surface area contributed by atoms with Crippen LogP contribution in [0.3, 0.4) is 0 Å². The molecular weight excluding hydrogens is 249 g/mol. The third-order valence-electron chi connectivity index (χ3n) is 3.81. The van der Waals surface area contributed by atoms with Gasteiger partial charge in [-0.25, -0.2) is 13.9 Å². The summed E-state index contributed by atoms with van der Waals surface area (Å²) in [7, 11) is 0. The molecule has 0 amide bonds. The summed E-state index contributed by atoms with van der Waals surface area (Å²) < 4.78 is 15.3. The third-order valence-corrected chi connectivity index (χ3v) is 3.81. The SMILES string of the molecule is O=C(O)c1cc2nnn(CCC3CCC3)c2cc1F. The topological polar surface area (TPSA) is 68.0 Å². The molecule has 0 aliphatic heterocycles. The van der Waals surface area contributed by atoms with E-state index in [1.807, 2.05) is 0 Å². The molecule has 100 valence electrons. The number of carboxylic acid groups (broad SMARTS) is 1. The number of aromatic nitrogens is 3. The maximum Gasteiger partial charge on any atom is 0.338 e. The first-order valence-corrected chi connectivity index (χ1v) is 6.41. The first-order chi connectivity index (χ1) is 9.15. The van der Waals surface area contributed by atoms with Crippen molar-refractivity contribution in [2.75, 3.05) is 0 Å². The Hall–Kier alpha value is -1.98.